The van der Waals surface area contributed by atoms with Gasteiger partial charge in [0.2, 0.25) is 6.79 Å². The van der Waals surface area contributed by atoms with Crippen molar-refractivity contribution < 1.29 is 33.6 Å². The van der Waals surface area contributed by atoms with Gasteiger partial charge in [-0.05, 0) is 53.4 Å². The van der Waals surface area contributed by atoms with E-state index in [0.29, 0.717) is 35.4 Å². The van der Waals surface area contributed by atoms with Crippen LogP contribution in [0.1, 0.15) is 47.4 Å². The van der Waals surface area contributed by atoms with Gasteiger partial charge in [0.05, 0.1) is 19.6 Å². The molecule has 0 bridgehead atoms. The Morgan fingerprint density at radius 3 is 2.51 bits per heavy atom. The molecule has 0 saturated heterocycles. The zero-order valence-electron chi connectivity index (χ0n) is 20.9. The van der Waals surface area contributed by atoms with Crippen LogP contribution >= 0.6 is 0 Å². The minimum Gasteiger partial charge on any atom is -0.497 e. The second-order valence-electron chi connectivity index (χ2n) is 9.07. The fourth-order valence-electron chi connectivity index (χ4n) is 5.31. The Morgan fingerprint density at radius 2 is 1.76 bits per heavy atom. The van der Waals surface area contributed by atoms with Crippen LogP contribution in [0.2, 0.25) is 0 Å². The van der Waals surface area contributed by atoms with E-state index in [0.717, 1.165) is 28.7 Å². The van der Waals surface area contributed by atoms with Crippen molar-refractivity contribution in [3.63, 3.8) is 0 Å². The van der Waals surface area contributed by atoms with Crippen molar-refractivity contribution in [3.8, 4) is 28.7 Å². The highest BCUT2D eigenvalue weighted by Gasteiger charge is 2.48. The van der Waals surface area contributed by atoms with E-state index in [1.807, 2.05) is 55.5 Å². The molecular formula is C30H30O7. The van der Waals surface area contributed by atoms with Gasteiger partial charge in [-0.2, -0.15) is 0 Å². The van der Waals surface area contributed by atoms with Gasteiger partial charge in [0, 0.05) is 23.5 Å². The maximum Gasteiger partial charge on any atom is 0.308 e. The van der Waals surface area contributed by atoms with Crippen LogP contribution in [-0.4, -0.2) is 38.2 Å². The molecule has 1 aliphatic carbocycles. The summed E-state index contributed by atoms with van der Waals surface area (Å²) in [4.78, 5) is 13.0. The Kier molecular flexibility index (Phi) is 6.95. The molecule has 3 unspecified atom stereocenters. The van der Waals surface area contributed by atoms with Crippen molar-refractivity contribution >= 4 is 5.97 Å². The van der Waals surface area contributed by atoms with Gasteiger partial charge in [-0.1, -0.05) is 37.8 Å². The van der Waals surface area contributed by atoms with Crippen LogP contribution in [0.25, 0.3) is 0 Å². The molecule has 7 nitrogen and oxygen atoms in total. The van der Waals surface area contributed by atoms with Crippen LogP contribution in [0.3, 0.4) is 0 Å². The minimum atomic E-state index is -0.898. The van der Waals surface area contributed by atoms with Crippen molar-refractivity contribution in [1.29, 1.82) is 0 Å². The second-order valence-corrected chi connectivity index (χ2v) is 9.07. The first kappa shape index (κ1) is 24.6. The van der Waals surface area contributed by atoms with E-state index in [1.54, 1.807) is 19.3 Å². The van der Waals surface area contributed by atoms with Gasteiger partial charge >= 0.3 is 5.97 Å². The molecule has 5 rings (SSSR count). The molecule has 0 saturated carbocycles. The molecule has 3 aromatic rings. The number of carboxylic acids is 1. The number of fused-ring (bicyclic) bond motifs is 2. The van der Waals surface area contributed by atoms with Crippen LogP contribution in [0.5, 0.6) is 28.7 Å². The maximum atomic E-state index is 13.0. The Morgan fingerprint density at radius 1 is 0.973 bits per heavy atom. The van der Waals surface area contributed by atoms with Crippen molar-refractivity contribution in [2.75, 3.05) is 27.1 Å². The van der Waals surface area contributed by atoms with Gasteiger partial charge in [0.1, 0.15) is 23.9 Å². The fourth-order valence-corrected chi connectivity index (χ4v) is 5.31. The molecule has 37 heavy (non-hydrogen) atoms. The third-order valence-electron chi connectivity index (χ3n) is 6.87. The molecule has 1 aliphatic heterocycles. The van der Waals surface area contributed by atoms with E-state index in [-0.39, 0.29) is 13.4 Å². The Hall–Kier alpha value is -4.13. The lowest BCUT2D eigenvalue weighted by atomic mass is 9.79. The summed E-state index contributed by atoms with van der Waals surface area (Å²) in [5.41, 5.74) is 3.46. The number of hydrogen-bond acceptors (Lipinski definition) is 6. The van der Waals surface area contributed by atoms with Gasteiger partial charge in [-0.3, -0.25) is 4.79 Å². The van der Waals surface area contributed by atoms with Crippen LogP contribution in [0.15, 0.2) is 67.3 Å². The van der Waals surface area contributed by atoms with Gasteiger partial charge in [0.25, 0.3) is 0 Å². The number of ether oxygens (including phenoxy) is 5. The van der Waals surface area contributed by atoms with Crippen molar-refractivity contribution in [2.24, 2.45) is 5.92 Å². The molecule has 192 valence electrons. The van der Waals surface area contributed by atoms with Crippen LogP contribution in [0.4, 0.5) is 0 Å². The van der Waals surface area contributed by atoms with E-state index in [2.05, 4.69) is 6.58 Å². The molecule has 0 amide bonds. The van der Waals surface area contributed by atoms with Crippen LogP contribution in [0, 0.1) is 5.92 Å². The molecule has 0 spiro atoms. The maximum absolute atomic E-state index is 13.0. The monoisotopic (exact) mass is 502 g/mol. The van der Waals surface area contributed by atoms with E-state index in [1.165, 1.54) is 0 Å². The average molecular weight is 503 g/mol. The van der Waals surface area contributed by atoms with E-state index >= 15 is 0 Å². The van der Waals surface area contributed by atoms with E-state index in [9.17, 15) is 9.90 Å². The molecule has 1 N–H and O–H groups in total. The van der Waals surface area contributed by atoms with E-state index < -0.39 is 23.7 Å². The number of rotatable bonds is 10. The molecule has 2 aliphatic rings. The van der Waals surface area contributed by atoms with Gasteiger partial charge in [-0.15, -0.1) is 0 Å². The van der Waals surface area contributed by atoms with Crippen molar-refractivity contribution in [1.82, 2.24) is 0 Å². The standard InChI is InChI=1S/C30H30O7/c1-4-12-34-20-8-9-21-23(15-20)28(22-10-7-19(33-3)16-25(22)35-13-5-2)29(30(31)32)27(21)18-6-11-24-26(14-18)37-17-36-24/h5-11,14-16,27-29H,2,4,12-13,17H2,1,3H3,(H,31,32). The number of carboxylic acid groups (broad SMARTS) is 1. The molecule has 3 aromatic carbocycles. The SMILES string of the molecule is C=CCOc1cc(OC)ccc1C1c2cc(OCCC)ccc2C(c2ccc3c(c2)OCO3)C1C(=O)O. The molecule has 0 radical (unpaired) electrons. The Labute approximate surface area is 216 Å². The van der Waals surface area contributed by atoms with Crippen molar-refractivity contribution in [3.05, 3.63) is 89.5 Å². The molecular weight excluding hydrogens is 472 g/mol. The topological polar surface area (TPSA) is 83.5 Å². The average Bonchev–Trinajstić information content (AvgIpc) is 3.52. The summed E-state index contributed by atoms with van der Waals surface area (Å²) in [6.45, 7) is 6.81. The van der Waals surface area contributed by atoms with Gasteiger partial charge in [0.15, 0.2) is 11.5 Å². The fraction of sp³-hybridized carbons (Fsp3) is 0.300. The number of aliphatic carboxylic acids is 1. The first-order chi connectivity index (χ1) is 18.0. The summed E-state index contributed by atoms with van der Waals surface area (Å²) in [5.74, 6) is 0.580. The quantitative estimate of drug-likeness (QED) is 0.353. The van der Waals surface area contributed by atoms with Crippen molar-refractivity contribution in [2.45, 2.75) is 25.2 Å². The molecule has 1 heterocycles. The Balaban J connectivity index is 1.69. The lowest BCUT2D eigenvalue weighted by Crippen LogP contribution is -2.24. The zero-order valence-corrected chi connectivity index (χ0v) is 20.9. The normalized spacial score (nSPS) is 19.2. The lowest BCUT2D eigenvalue weighted by Gasteiger charge is -2.24. The predicted molar refractivity (Wildman–Crippen MR) is 138 cm³/mol. The molecule has 3 atom stereocenters. The number of hydrogen-bond donors (Lipinski definition) is 1. The summed E-state index contributed by atoms with van der Waals surface area (Å²) in [7, 11) is 1.59. The summed E-state index contributed by atoms with van der Waals surface area (Å²) in [6, 6.07) is 17.0. The largest absolute Gasteiger partial charge is 0.497 e. The predicted octanol–water partition coefficient (Wildman–Crippen LogP) is 5.76. The smallest absolute Gasteiger partial charge is 0.308 e. The molecule has 7 heteroatoms. The Bertz CT molecular complexity index is 1320. The highest BCUT2D eigenvalue weighted by atomic mass is 16.7. The minimum absolute atomic E-state index is 0.152. The summed E-state index contributed by atoms with van der Waals surface area (Å²) < 4.78 is 28.5. The highest BCUT2D eigenvalue weighted by molar-refractivity contribution is 5.78. The number of benzene rings is 3. The van der Waals surface area contributed by atoms with Crippen LogP contribution < -0.4 is 23.7 Å². The molecule has 0 aromatic heterocycles. The first-order valence-corrected chi connectivity index (χ1v) is 12.4. The van der Waals surface area contributed by atoms with E-state index in [4.69, 9.17) is 23.7 Å². The first-order valence-electron chi connectivity index (χ1n) is 12.4. The zero-order chi connectivity index (χ0) is 25.9. The summed E-state index contributed by atoms with van der Waals surface area (Å²) >= 11 is 0. The highest BCUT2D eigenvalue weighted by Crippen LogP contribution is 2.56. The van der Waals surface area contributed by atoms with Crippen LogP contribution in [-0.2, 0) is 4.79 Å². The summed E-state index contributed by atoms with van der Waals surface area (Å²) in [6.07, 6.45) is 2.53. The lowest BCUT2D eigenvalue weighted by molar-refractivity contribution is -0.142. The van der Waals surface area contributed by atoms with Gasteiger partial charge < -0.3 is 28.8 Å². The molecule has 0 fully saturated rings. The summed E-state index contributed by atoms with van der Waals surface area (Å²) in [5, 5.41) is 10.7. The second kappa shape index (κ2) is 10.5. The van der Waals surface area contributed by atoms with Gasteiger partial charge in [-0.25, -0.2) is 0 Å². The number of carbonyl (C=O) groups is 1. The third-order valence-corrected chi connectivity index (χ3v) is 6.87. The number of methoxy groups -OCH3 is 1. The third kappa shape index (κ3) is 4.57.